The fraction of sp³-hybridized carbons (Fsp3) is 0.0909. The SMILES string of the molecule is O=C(Cn1cc(Cl)cn1)Nc1ccccc1. The Kier molecular flexibility index (Phi) is 3.22. The summed E-state index contributed by atoms with van der Waals surface area (Å²) < 4.78 is 1.49. The smallest absolute Gasteiger partial charge is 0.246 e. The van der Waals surface area contributed by atoms with Crippen molar-refractivity contribution in [2.45, 2.75) is 6.54 Å². The van der Waals surface area contributed by atoms with Gasteiger partial charge in [-0.3, -0.25) is 9.48 Å². The first kappa shape index (κ1) is 10.7. The minimum absolute atomic E-state index is 0.133. The van der Waals surface area contributed by atoms with Gasteiger partial charge in [0.25, 0.3) is 0 Å². The lowest BCUT2D eigenvalue weighted by Crippen LogP contribution is -2.18. The zero-order valence-electron chi connectivity index (χ0n) is 8.43. The lowest BCUT2D eigenvalue weighted by Gasteiger charge is -2.04. The Labute approximate surface area is 97.8 Å². The van der Waals surface area contributed by atoms with Crippen LogP contribution in [0, 0.1) is 0 Å². The fourth-order valence-electron chi connectivity index (χ4n) is 1.29. The average Bonchev–Trinajstić information content (AvgIpc) is 2.65. The standard InChI is InChI=1S/C11H10ClN3O/c12-9-6-13-15(7-9)8-11(16)14-10-4-2-1-3-5-10/h1-7H,8H2,(H,14,16). The number of nitrogens with one attached hydrogen (secondary N) is 1. The lowest BCUT2D eigenvalue weighted by molar-refractivity contribution is -0.116. The fourth-order valence-corrected chi connectivity index (χ4v) is 1.45. The van der Waals surface area contributed by atoms with Crippen molar-refractivity contribution in [3.8, 4) is 0 Å². The van der Waals surface area contributed by atoms with Gasteiger partial charge in [-0.2, -0.15) is 5.10 Å². The normalized spacial score (nSPS) is 10.1. The molecule has 1 aromatic heterocycles. The summed E-state index contributed by atoms with van der Waals surface area (Å²) >= 11 is 5.69. The van der Waals surface area contributed by atoms with E-state index >= 15 is 0 Å². The van der Waals surface area contributed by atoms with Crippen LogP contribution in [0.15, 0.2) is 42.7 Å². The predicted molar refractivity (Wildman–Crippen MR) is 62.3 cm³/mol. The van der Waals surface area contributed by atoms with Gasteiger partial charge in [0, 0.05) is 11.9 Å². The molecule has 0 unspecified atom stereocenters. The van der Waals surface area contributed by atoms with Gasteiger partial charge in [-0.15, -0.1) is 0 Å². The first-order chi connectivity index (χ1) is 7.74. The molecule has 82 valence electrons. The number of halogens is 1. The van der Waals surface area contributed by atoms with Crippen molar-refractivity contribution in [2.75, 3.05) is 5.32 Å². The van der Waals surface area contributed by atoms with Gasteiger partial charge in [0.15, 0.2) is 0 Å². The Bertz CT molecular complexity index is 481. The number of carbonyl (C=O) groups excluding carboxylic acids is 1. The van der Waals surface area contributed by atoms with Crippen LogP contribution in [0.5, 0.6) is 0 Å². The van der Waals surface area contributed by atoms with Gasteiger partial charge < -0.3 is 5.32 Å². The Morgan fingerprint density at radius 3 is 2.75 bits per heavy atom. The summed E-state index contributed by atoms with van der Waals surface area (Å²) in [5, 5.41) is 7.20. The summed E-state index contributed by atoms with van der Waals surface area (Å²) in [6.07, 6.45) is 3.10. The van der Waals surface area contributed by atoms with E-state index in [0.29, 0.717) is 5.02 Å². The topological polar surface area (TPSA) is 46.9 Å². The molecule has 0 aliphatic rings. The van der Waals surface area contributed by atoms with E-state index in [2.05, 4.69) is 10.4 Å². The van der Waals surface area contributed by atoms with Crippen molar-refractivity contribution in [2.24, 2.45) is 0 Å². The summed E-state index contributed by atoms with van der Waals surface area (Å²) in [6, 6.07) is 9.27. The molecule has 1 heterocycles. The van der Waals surface area contributed by atoms with Gasteiger partial charge in [-0.1, -0.05) is 29.8 Å². The summed E-state index contributed by atoms with van der Waals surface area (Å²) in [4.78, 5) is 11.6. The van der Waals surface area contributed by atoms with Crippen LogP contribution in [0.25, 0.3) is 0 Å². The number of carbonyl (C=O) groups is 1. The molecule has 4 nitrogen and oxygen atoms in total. The van der Waals surface area contributed by atoms with Crippen LogP contribution in [-0.2, 0) is 11.3 Å². The number of aromatic nitrogens is 2. The van der Waals surface area contributed by atoms with Gasteiger partial charge in [0.2, 0.25) is 5.91 Å². The second kappa shape index (κ2) is 4.81. The first-order valence-corrected chi connectivity index (χ1v) is 5.15. The zero-order chi connectivity index (χ0) is 11.4. The quantitative estimate of drug-likeness (QED) is 0.886. The average molecular weight is 236 g/mol. The maximum atomic E-state index is 11.6. The summed E-state index contributed by atoms with van der Waals surface area (Å²) in [5.41, 5.74) is 0.769. The molecule has 0 saturated heterocycles. The molecule has 0 atom stereocenters. The van der Waals surface area contributed by atoms with E-state index in [-0.39, 0.29) is 12.5 Å². The van der Waals surface area contributed by atoms with Crippen LogP contribution in [0.2, 0.25) is 5.02 Å². The highest BCUT2D eigenvalue weighted by atomic mass is 35.5. The Morgan fingerprint density at radius 2 is 2.12 bits per heavy atom. The Morgan fingerprint density at radius 1 is 1.38 bits per heavy atom. The number of amides is 1. The Hall–Kier alpha value is -1.81. The predicted octanol–water partition coefficient (Wildman–Crippen LogP) is 2.18. The van der Waals surface area contributed by atoms with Gasteiger partial charge in [-0.05, 0) is 12.1 Å². The van der Waals surface area contributed by atoms with Crippen molar-refractivity contribution >= 4 is 23.2 Å². The molecule has 0 aliphatic heterocycles. The van der Waals surface area contributed by atoms with Crippen LogP contribution >= 0.6 is 11.6 Å². The molecule has 0 spiro atoms. The van der Waals surface area contributed by atoms with Gasteiger partial charge in [-0.25, -0.2) is 0 Å². The van der Waals surface area contributed by atoms with Crippen LogP contribution in [0.4, 0.5) is 5.69 Å². The van der Waals surface area contributed by atoms with E-state index < -0.39 is 0 Å². The maximum Gasteiger partial charge on any atom is 0.246 e. The van der Waals surface area contributed by atoms with Gasteiger partial charge in [0.05, 0.1) is 11.2 Å². The van der Waals surface area contributed by atoms with E-state index in [0.717, 1.165) is 5.69 Å². The lowest BCUT2D eigenvalue weighted by atomic mass is 10.3. The van der Waals surface area contributed by atoms with Crippen LogP contribution in [0.3, 0.4) is 0 Å². The number of benzene rings is 1. The third kappa shape index (κ3) is 2.84. The number of para-hydroxylation sites is 1. The molecule has 2 rings (SSSR count). The summed E-state index contributed by atoms with van der Waals surface area (Å²) in [6.45, 7) is 0.154. The molecule has 16 heavy (non-hydrogen) atoms. The molecule has 0 aliphatic carbocycles. The number of rotatable bonds is 3. The second-order valence-electron chi connectivity index (χ2n) is 3.27. The van der Waals surface area contributed by atoms with Crippen molar-refractivity contribution in [3.63, 3.8) is 0 Å². The van der Waals surface area contributed by atoms with Crippen LogP contribution < -0.4 is 5.32 Å². The number of nitrogens with zero attached hydrogens (tertiary/aromatic N) is 2. The van der Waals surface area contributed by atoms with E-state index in [1.807, 2.05) is 30.3 Å². The minimum Gasteiger partial charge on any atom is -0.324 e. The molecule has 0 fully saturated rings. The van der Waals surface area contributed by atoms with Crippen LogP contribution in [0.1, 0.15) is 0 Å². The number of hydrogen-bond acceptors (Lipinski definition) is 2. The largest absolute Gasteiger partial charge is 0.324 e. The molecule has 0 saturated carbocycles. The Balaban J connectivity index is 1.95. The van der Waals surface area contributed by atoms with Crippen molar-refractivity contribution in [3.05, 3.63) is 47.7 Å². The number of anilines is 1. The van der Waals surface area contributed by atoms with E-state index in [1.54, 1.807) is 6.20 Å². The van der Waals surface area contributed by atoms with Crippen molar-refractivity contribution in [1.82, 2.24) is 9.78 Å². The highest BCUT2D eigenvalue weighted by molar-refractivity contribution is 6.30. The highest BCUT2D eigenvalue weighted by Gasteiger charge is 2.04. The first-order valence-electron chi connectivity index (χ1n) is 4.77. The molecule has 5 heteroatoms. The third-order valence-corrected chi connectivity index (χ3v) is 2.16. The number of hydrogen-bond donors (Lipinski definition) is 1. The minimum atomic E-state index is -0.133. The second-order valence-corrected chi connectivity index (χ2v) is 3.71. The molecule has 1 N–H and O–H groups in total. The highest BCUT2D eigenvalue weighted by Crippen LogP contribution is 2.07. The zero-order valence-corrected chi connectivity index (χ0v) is 9.19. The third-order valence-electron chi connectivity index (χ3n) is 1.96. The monoisotopic (exact) mass is 235 g/mol. The molecule has 0 bridgehead atoms. The van der Waals surface area contributed by atoms with E-state index in [9.17, 15) is 4.79 Å². The van der Waals surface area contributed by atoms with Crippen molar-refractivity contribution in [1.29, 1.82) is 0 Å². The summed E-state index contributed by atoms with van der Waals surface area (Å²) in [5.74, 6) is -0.133. The van der Waals surface area contributed by atoms with Crippen molar-refractivity contribution < 1.29 is 4.79 Å². The molecule has 2 aromatic rings. The molecular formula is C11H10ClN3O. The van der Waals surface area contributed by atoms with E-state index in [1.165, 1.54) is 10.9 Å². The van der Waals surface area contributed by atoms with Gasteiger partial charge in [0.1, 0.15) is 6.54 Å². The maximum absolute atomic E-state index is 11.6. The molecule has 1 aromatic carbocycles. The summed E-state index contributed by atoms with van der Waals surface area (Å²) in [7, 11) is 0. The van der Waals surface area contributed by atoms with Gasteiger partial charge >= 0.3 is 0 Å². The molecule has 0 radical (unpaired) electrons. The van der Waals surface area contributed by atoms with Crippen LogP contribution in [-0.4, -0.2) is 15.7 Å². The molecular weight excluding hydrogens is 226 g/mol. The molecule has 1 amide bonds. The van der Waals surface area contributed by atoms with E-state index in [4.69, 9.17) is 11.6 Å².